The Balaban J connectivity index is 2.67. The van der Waals surface area contributed by atoms with E-state index in [-0.39, 0.29) is 12.1 Å². The summed E-state index contributed by atoms with van der Waals surface area (Å²) in [6.07, 6.45) is 0. The molecule has 8 nitrogen and oxygen atoms in total. The number of rotatable bonds is 7. The molecule has 0 spiro atoms. The summed E-state index contributed by atoms with van der Waals surface area (Å²) >= 11 is 0. The molecule has 3 rings (SSSR count). The van der Waals surface area contributed by atoms with Crippen molar-refractivity contribution in [2.24, 2.45) is 0 Å². The second kappa shape index (κ2) is 10.9. The lowest BCUT2D eigenvalue weighted by molar-refractivity contribution is -0.0441. The Morgan fingerprint density at radius 3 is 1.05 bits per heavy atom. The first-order valence-electron chi connectivity index (χ1n) is 11.2. The minimum Gasteiger partial charge on any atom is -0.229 e. The van der Waals surface area contributed by atoms with Gasteiger partial charge in [-0.25, -0.2) is 17.0 Å². The lowest BCUT2D eigenvalue weighted by Crippen LogP contribution is -2.41. The molecule has 0 bridgehead atoms. The van der Waals surface area contributed by atoms with Crippen LogP contribution in [-0.2, 0) is 29.9 Å². The molecule has 0 aliphatic carbocycles. The molecule has 0 heterocycles. The first-order valence-corrected chi connectivity index (χ1v) is 15.5. The van der Waals surface area contributed by atoms with Crippen LogP contribution in [-0.4, -0.2) is 41.8 Å². The zero-order chi connectivity index (χ0) is 33.0. The molecular formula is C23H17F9N2O6S3. The van der Waals surface area contributed by atoms with Gasteiger partial charge in [-0.2, -0.15) is 56.3 Å². The van der Waals surface area contributed by atoms with Crippen molar-refractivity contribution in [2.75, 3.05) is 8.61 Å². The molecule has 0 amide bonds. The quantitative estimate of drug-likeness (QED) is 0.261. The number of alkyl halides is 9. The summed E-state index contributed by atoms with van der Waals surface area (Å²) in [6.45, 7) is 2.77. The Bertz CT molecular complexity index is 1720. The third kappa shape index (κ3) is 6.12. The third-order valence-electron chi connectivity index (χ3n) is 5.59. The molecule has 0 saturated heterocycles. The number of anilines is 4. The summed E-state index contributed by atoms with van der Waals surface area (Å²) in [5.41, 5.74) is -24.6. The van der Waals surface area contributed by atoms with Gasteiger partial charge in [0.1, 0.15) is 4.90 Å². The number of hydrogen-bond donors (Lipinski definition) is 0. The van der Waals surface area contributed by atoms with Crippen LogP contribution in [0.25, 0.3) is 0 Å². The largest absolute Gasteiger partial charge is 0.517 e. The van der Waals surface area contributed by atoms with Gasteiger partial charge < -0.3 is 0 Å². The lowest BCUT2D eigenvalue weighted by Gasteiger charge is -2.31. The summed E-state index contributed by atoms with van der Waals surface area (Å²) in [4.78, 5) is -2.52. The topological polar surface area (TPSA) is 109 Å². The smallest absolute Gasteiger partial charge is 0.229 e. The highest BCUT2D eigenvalue weighted by atomic mass is 32.2. The number of nitrogens with zero attached hydrogens (tertiary/aromatic N) is 2. The van der Waals surface area contributed by atoms with Crippen molar-refractivity contribution in [3.8, 4) is 0 Å². The summed E-state index contributed by atoms with van der Waals surface area (Å²) in [5.74, 6) is 0. The van der Waals surface area contributed by atoms with Crippen LogP contribution in [0.3, 0.4) is 0 Å². The molecular weight excluding hydrogens is 667 g/mol. The van der Waals surface area contributed by atoms with E-state index < -0.39 is 82.7 Å². The first kappa shape index (κ1) is 34.0. The number of hydrogen-bond acceptors (Lipinski definition) is 6. The van der Waals surface area contributed by atoms with E-state index in [1.807, 2.05) is 0 Å². The van der Waals surface area contributed by atoms with E-state index in [1.165, 1.54) is 13.8 Å². The first-order chi connectivity index (χ1) is 19.4. The minimum absolute atomic E-state index is 0.138. The molecule has 0 aromatic heterocycles. The summed E-state index contributed by atoms with van der Waals surface area (Å²) in [5, 5.41) is 0. The molecule has 0 aliphatic heterocycles. The number of sulfonamides is 2. The van der Waals surface area contributed by atoms with Gasteiger partial charge in [-0.3, -0.25) is 0 Å². The summed E-state index contributed by atoms with van der Waals surface area (Å²) in [7, 11) is -20.8. The second-order valence-corrected chi connectivity index (χ2v) is 14.1. The fraction of sp³-hybridized carbons (Fsp3) is 0.217. The maximum absolute atomic E-state index is 14.0. The number of benzene rings is 3. The van der Waals surface area contributed by atoms with Gasteiger partial charge in [0, 0.05) is 0 Å². The maximum atomic E-state index is 14.0. The molecule has 0 unspecified atom stereocenters. The minimum atomic E-state index is -7.12. The van der Waals surface area contributed by atoms with E-state index in [9.17, 15) is 64.8 Å². The molecule has 0 saturated carbocycles. The van der Waals surface area contributed by atoms with Crippen molar-refractivity contribution in [2.45, 2.75) is 35.3 Å². The standard InChI is InChI=1S/C23H17F9N2O6S3/c1-14-6-10-16(11-7-14)33(42(37,38)22(27,28)29)18-4-3-5-19(20(18)41(35,36)21(24,25)26)34(43(39,40)23(30,31)32)17-12-8-15(2)9-13-17/h3-13H,1-2H3. The Hall–Kier alpha value is -3.52. The molecule has 0 fully saturated rings. The van der Waals surface area contributed by atoms with Crippen LogP contribution in [0.15, 0.2) is 71.6 Å². The molecule has 3 aromatic carbocycles. The fourth-order valence-electron chi connectivity index (χ4n) is 3.61. The summed E-state index contributed by atoms with van der Waals surface area (Å²) < 4.78 is 200. The van der Waals surface area contributed by atoms with Crippen molar-refractivity contribution in [1.82, 2.24) is 0 Å². The van der Waals surface area contributed by atoms with E-state index in [4.69, 9.17) is 0 Å². The van der Waals surface area contributed by atoms with Crippen LogP contribution in [0, 0.1) is 13.8 Å². The van der Waals surface area contributed by atoms with Crippen LogP contribution >= 0.6 is 0 Å². The fourth-order valence-corrected chi connectivity index (χ4v) is 6.86. The zero-order valence-electron chi connectivity index (χ0n) is 21.3. The third-order valence-corrected chi connectivity index (χ3v) is 10.1. The highest BCUT2D eigenvalue weighted by Gasteiger charge is 2.57. The Morgan fingerprint density at radius 2 is 0.791 bits per heavy atom. The predicted octanol–water partition coefficient (Wildman–Crippen LogP) is 6.57. The van der Waals surface area contributed by atoms with Crippen LogP contribution in [0.5, 0.6) is 0 Å². The Kier molecular flexibility index (Phi) is 8.60. The normalized spacial score (nSPS) is 13.6. The van der Waals surface area contributed by atoms with Gasteiger partial charge in [0.25, 0.3) is 9.84 Å². The molecule has 0 aliphatic rings. The van der Waals surface area contributed by atoms with Crippen molar-refractivity contribution in [3.63, 3.8) is 0 Å². The van der Waals surface area contributed by atoms with E-state index in [0.29, 0.717) is 41.5 Å². The van der Waals surface area contributed by atoms with Crippen molar-refractivity contribution in [3.05, 3.63) is 77.9 Å². The summed E-state index contributed by atoms with van der Waals surface area (Å²) in [6, 6.07) is 7.28. The van der Waals surface area contributed by atoms with Gasteiger partial charge in [-0.05, 0) is 50.2 Å². The molecule has 0 radical (unpaired) electrons. The van der Waals surface area contributed by atoms with E-state index in [0.717, 1.165) is 24.3 Å². The van der Waals surface area contributed by atoms with Gasteiger partial charge in [0.2, 0.25) is 0 Å². The van der Waals surface area contributed by atoms with Gasteiger partial charge in [-0.15, -0.1) is 0 Å². The molecule has 0 atom stereocenters. The second-order valence-electron chi connectivity index (χ2n) is 8.68. The number of sulfone groups is 1. The van der Waals surface area contributed by atoms with Crippen molar-refractivity contribution in [1.29, 1.82) is 0 Å². The van der Waals surface area contributed by atoms with E-state index >= 15 is 0 Å². The van der Waals surface area contributed by atoms with Crippen LogP contribution < -0.4 is 8.61 Å². The Labute approximate surface area is 239 Å². The zero-order valence-corrected chi connectivity index (χ0v) is 23.8. The number of halogens is 9. The van der Waals surface area contributed by atoms with Gasteiger partial charge in [-0.1, -0.05) is 41.5 Å². The van der Waals surface area contributed by atoms with Crippen LogP contribution in [0.4, 0.5) is 62.3 Å². The average Bonchev–Trinajstić information content (AvgIpc) is 2.84. The highest BCUT2D eigenvalue weighted by Crippen LogP contribution is 2.49. The molecule has 43 heavy (non-hydrogen) atoms. The molecule has 236 valence electrons. The molecule has 0 N–H and O–H groups in total. The van der Waals surface area contributed by atoms with Crippen molar-refractivity contribution >= 4 is 52.6 Å². The van der Waals surface area contributed by atoms with Gasteiger partial charge >= 0.3 is 36.6 Å². The van der Waals surface area contributed by atoms with Gasteiger partial charge in [0.15, 0.2) is 0 Å². The number of aryl methyl sites for hydroxylation is 2. The monoisotopic (exact) mass is 684 g/mol. The lowest BCUT2D eigenvalue weighted by atomic mass is 10.2. The highest BCUT2D eigenvalue weighted by molar-refractivity contribution is 7.95. The average molecular weight is 685 g/mol. The molecule has 3 aromatic rings. The Morgan fingerprint density at radius 1 is 0.488 bits per heavy atom. The maximum Gasteiger partial charge on any atom is 0.517 e. The molecule has 20 heteroatoms. The van der Waals surface area contributed by atoms with E-state index in [2.05, 4.69) is 0 Å². The van der Waals surface area contributed by atoms with Crippen molar-refractivity contribution < 1.29 is 64.8 Å². The SMILES string of the molecule is Cc1ccc(N(c2cccc(N(c3ccc(C)cc3)S(=O)(=O)C(F)(F)F)c2S(=O)(=O)C(F)(F)F)S(=O)(=O)C(F)(F)F)cc1. The predicted molar refractivity (Wildman–Crippen MR) is 136 cm³/mol. The van der Waals surface area contributed by atoms with Crippen LogP contribution in [0.1, 0.15) is 11.1 Å². The van der Waals surface area contributed by atoms with E-state index in [1.54, 1.807) is 0 Å². The van der Waals surface area contributed by atoms with Gasteiger partial charge in [0.05, 0.1) is 22.7 Å². The van der Waals surface area contributed by atoms with Crippen LogP contribution in [0.2, 0.25) is 0 Å².